The number of benzene rings is 2. The van der Waals surface area contributed by atoms with Crippen molar-refractivity contribution in [2.24, 2.45) is 0 Å². The Morgan fingerprint density at radius 3 is 2.52 bits per heavy atom. The van der Waals surface area contributed by atoms with E-state index in [1.54, 1.807) is 24.3 Å². The number of halogens is 2. The molecule has 0 radical (unpaired) electrons. The highest BCUT2D eigenvalue weighted by Gasteiger charge is 2.17. The van der Waals surface area contributed by atoms with Crippen LogP contribution in [0.25, 0.3) is 11.4 Å². The number of carbonyl (C=O) groups excluding carboxylic acids is 1. The third-order valence-electron chi connectivity index (χ3n) is 3.57. The molecular formula is C18H14Cl2N2O5. The molecule has 0 N–H and O–H groups in total. The van der Waals surface area contributed by atoms with Crippen molar-refractivity contribution in [3.8, 4) is 22.9 Å². The molecule has 140 valence electrons. The van der Waals surface area contributed by atoms with E-state index >= 15 is 0 Å². The fraction of sp³-hybridized carbons (Fsp3) is 0.167. The molecule has 0 bridgehead atoms. The van der Waals surface area contributed by atoms with Crippen LogP contribution in [0.5, 0.6) is 11.5 Å². The van der Waals surface area contributed by atoms with Crippen molar-refractivity contribution in [1.82, 2.24) is 10.1 Å². The first-order chi connectivity index (χ1) is 13.0. The van der Waals surface area contributed by atoms with Crippen LogP contribution >= 0.6 is 23.2 Å². The summed E-state index contributed by atoms with van der Waals surface area (Å²) >= 11 is 11.9. The Bertz CT molecular complexity index is 957. The van der Waals surface area contributed by atoms with Gasteiger partial charge in [-0.3, -0.25) is 0 Å². The summed E-state index contributed by atoms with van der Waals surface area (Å²) in [6.07, 6.45) is 0. The summed E-state index contributed by atoms with van der Waals surface area (Å²) in [7, 11) is 2.90. The third-order valence-corrected chi connectivity index (χ3v) is 4.10. The molecule has 0 amide bonds. The molecule has 1 heterocycles. The van der Waals surface area contributed by atoms with Gasteiger partial charge in [-0.1, -0.05) is 28.4 Å². The minimum atomic E-state index is -0.621. The van der Waals surface area contributed by atoms with Crippen LogP contribution in [0.15, 0.2) is 40.9 Å². The van der Waals surface area contributed by atoms with E-state index in [-0.39, 0.29) is 23.1 Å². The average molecular weight is 409 g/mol. The first-order valence-corrected chi connectivity index (χ1v) is 8.44. The maximum Gasteiger partial charge on any atom is 0.338 e. The molecule has 0 aliphatic carbocycles. The zero-order chi connectivity index (χ0) is 19.4. The highest BCUT2D eigenvalue weighted by Crippen LogP contribution is 2.36. The number of rotatable bonds is 6. The zero-order valence-electron chi connectivity index (χ0n) is 14.4. The Morgan fingerprint density at radius 1 is 1.11 bits per heavy atom. The van der Waals surface area contributed by atoms with E-state index in [0.29, 0.717) is 22.3 Å². The zero-order valence-corrected chi connectivity index (χ0v) is 15.9. The summed E-state index contributed by atoms with van der Waals surface area (Å²) in [5.41, 5.74) is 0.933. The molecule has 0 aliphatic heterocycles. The van der Waals surface area contributed by atoms with Crippen molar-refractivity contribution in [2.45, 2.75) is 6.61 Å². The summed E-state index contributed by atoms with van der Waals surface area (Å²) in [6, 6.07) is 9.85. The number of hydrogen-bond donors (Lipinski definition) is 0. The van der Waals surface area contributed by atoms with Gasteiger partial charge < -0.3 is 18.7 Å². The lowest BCUT2D eigenvalue weighted by Crippen LogP contribution is -2.06. The first kappa shape index (κ1) is 19.0. The fourth-order valence-corrected chi connectivity index (χ4v) is 2.69. The van der Waals surface area contributed by atoms with Crippen molar-refractivity contribution >= 4 is 29.2 Å². The van der Waals surface area contributed by atoms with Crippen LogP contribution in [0.3, 0.4) is 0 Å². The lowest BCUT2D eigenvalue weighted by Gasteiger charge is -2.11. The second-order valence-corrected chi connectivity index (χ2v) is 6.13. The smallest absolute Gasteiger partial charge is 0.338 e. The van der Waals surface area contributed by atoms with E-state index in [4.69, 9.17) is 41.9 Å². The highest BCUT2D eigenvalue weighted by atomic mass is 35.5. The standard InChI is InChI=1S/C18H14Cl2N2O5/c1-24-14-8-11(7-13(20)16(14)25-2)18(23)26-9-15-21-17(22-27-15)10-3-5-12(19)6-4-10/h3-8H,9H2,1-2H3. The van der Waals surface area contributed by atoms with Gasteiger partial charge in [0, 0.05) is 10.6 Å². The van der Waals surface area contributed by atoms with Gasteiger partial charge in [0.2, 0.25) is 5.82 Å². The molecular weight excluding hydrogens is 395 g/mol. The van der Waals surface area contributed by atoms with Crippen molar-refractivity contribution < 1.29 is 23.5 Å². The van der Waals surface area contributed by atoms with E-state index in [0.717, 1.165) is 5.56 Å². The molecule has 0 saturated heterocycles. The second-order valence-electron chi connectivity index (χ2n) is 5.29. The number of hydrogen-bond acceptors (Lipinski definition) is 7. The lowest BCUT2D eigenvalue weighted by molar-refractivity contribution is 0.0429. The summed E-state index contributed by atoms with van der Waals surface area (Å²) in [6.45, 7) is -0.189. The Balaban J connectivity index is 1.69. The summed E-state index contributed by atoms with van der Waals surface area (Å²) < 4.78 is 20.6. The van der Waals surface area contributed by atoms with Crippen molar-refractivity contribution in [1.29, 1.82) is 0 Å². The van der Waals surface area contributed by atoms with Crippen molar-refractivity contribution in [2.75, 3.05) is 14.2 Å². The molecule has 0 unspecified atom stereocenters. The number of methoxy groups -OCH3 is 2. The van der Waals surface area contributed by atoms with Crippen LogP contribution in [-0.4, -0.2) is 30.3 Å². The van der Waals surface area contributed by atoms with Crippen LogP contribution in [0.1, 0.15) is 16.2 Å². The van der Waals surface area contributed by atoms with Gasteiger partial charge in [-0.2, -0.15) is 4.98 Å². The predicted molar refractivity (Wildman–Crippen MR) is 98.4 cm³/mol. The molecule has 3 aromatic rings. The van der Waals surface area contributed by atoms with E-state index in [2.05, 4.69) is 10.1 Å². The van der Waals surface area contributed by atoms with Gasteiger partial charge in [0.25, 0.3) is 5.89 Å². The Morgan fingerprint density at radius 2 is 1.85 bits per heavy atom. The van der Waals surface area contributed by atoms with E-state index in [1.807, 2.05) is 0 Å². The van der Waals surface area contributed by atoms with Crippen LogP contribution < -0.4 is 9.47 Å². The lowest BCUT2D eigenvalue weighted by atomic mass is 10.2. The Labute approximate surface area is 164 Å². The quantitative estimate of drug-likeness (QED) is 0.558. The van der Waals surface area contributed by atoms with Gasteiger partial charge in [-0.15, -0.1) is 0 Å². The van der Waals surface area contributed by atoms with Gasteiger partial charge >= 0.3 is 5.97 Å². The van der Waals surface area contributed by atoms with E-state index in [9.17, 15) is 4.79 Å². The molecule has 0 fully saturated rings. The first-order valence-electron chi connectivity index (χ1n) is 7.69. The number of ether oxygens (including phenoxy) is 3. The maximum absolute atomic E-state index is 12.3. The largest absolute Gasteiger partial charge is 0.493 e. The van der Waals surface area contributed by atoms with Gasteiger partial charge in [-0.05, 0) is 36.4 Å². The fourth-order valence-electron chi connectivity index (χ4n) is 2.28. The Kier molecular flexibility index (Phi) is 5.83. The molecule has 0 atom stereocenters. The van der Waals surface area contributed by atoms with E-state index in [1.165, 1.54) is 26.4 Å². The maximum atomic E-state index is 12.3. The normalized spacial score (nSPS) is 10.5. The minimum Gasteiger partial charge on any atom is -0.493 e. The average Bonchev–Trinajstić information content (AvgIpc) is 3.15. The third kappa shape index (κ3) is 4.32. The minimum absolute atomic E-state index is 0.153. The molecule has 0 aliphatic rings. The number of aromatic nitrogens is 2. The molecule has 27 heavy (non-hydrogen) atoms. The highest BCUT2D eigenvalue weighted by molar-refractivity contribution is 6.32. The number of esters is 1. The SMILES string of the molecule is COc1cc(C(=O)OCc2nc(-c3ccc(Cl)cc3)no2)cc(Cl)c1OC. The van der Waals surface area contributed by atoms with Crippen molar-refractivity contribution in [3.63, 3.8) is 0 Å². The topological polar surface area (TPSA) is 83.7 Å². The van der Waals surface area contributed by atoms with Gasteiger partial charge in [0.15, 0.2) is 18.1 Å². The van der Waals surface area contributed by atoms with Crippen LogP contribution in [0.2, 0.25) is 10.0 Å². The van der Waals surface area contributed by atoms with Gasteiger partial charge in [-0.25, -0.2) is 4.79 Å². The van der Waals surface area contributed by atoms with Gasteiger partial charge in [0.05, 0.1) is 24.8 Å². The van der Waals surface area contributed by atoms with Gasteiger partial charge in [0.1, 0.15) is 0 Å². The van der Waals surface area contributed by atoms with Crippen molar-refractivity contribution in [3.05, 3.63) is 57.9 Å². The van der Waals surface area contributed by atoms with E-state index < -0.39 is 5.97 Å². The number of carbonyl (C=O) groups is 1. The summed E-state index contributed by atoms with van der Waals surface area (Å²) in [4.78, 5) is 16.5. The summed E-state index contributed by atoms with van der Waals surface area (Å²) in [5, 5.41) is 4.68. The molecule has 0 spiro atoms. The molecule has 9 heteroatoms. The molecule has 0 saturated carbocycles. The van der Waals surface area contributed by atoms with Crippen LogP contribution in [0.4, 0.5) is 0 Å². The second kappa shape index (κ2) is 8.28. The monoisotopic (exact) mass is 408 g/mol. The van der Waals surface area contributed by atoms with Crippen LogP contribution in [0, 0.1) is 0 Å². The number of nitrogens with zero attached hydrogens (tertiary/aromatic N) is 2. The predicted octanol–water partition coefficient (Wildman–Crippen LogP) is 4.42. The summed E-state index contributed by atoms with van der Waals surface area (Å²) in [5.74, 6) is 0.552. The Hall–Kier alpha value is -2.77. The molecule has 2 aromatic carbocycles. The van der Waals surface area contributed by atoms with Crippen LogP contribution in [-0.2, 0) is 11.3 Å². The molecule has 1 aromatic heterocycles. The molecule has 3 rings (SSSR count). The molecule has 7 nitrogen and oxygen atoms in total.